The molecule has 0 spiro atoms. The molecule has 21 heavy (non-hydrogen) atoms. The van der Waals surface area contributed by atoms with Gasteiger partial charge in [-0.25, -0.2) is 13.1 Å². The van der Waals surface area contributed by atoms with Crippen LogP contribution in [0.2, 0.25) is 5.02 Å². The molecule has 120 valence electrons. The van der Waals surface area contributed by atoms with Crippen LogP contribution in [0, 0.1) is 0 Å². The minimum absolute atomic E-state index is 0.171. The molecule has 0 saturated heterocycles. The first-order valence-corrected chi connectivity index (χ1v) is 8.75. The first-order chi connectivity index (χ1) is 9.94. The zero-order valence-electron chi connectivity index (χ0n) is 12.6. The molecule has 1 rings (SSSR count). The van der Waals surface area contributed by atoms with Gasteiger partial charge >= 0.3 is 0 Å². The Morgan fingerprint density at radius 1 is 1.38 bits per heavy atom. The van der Waals surface area contributed by atoms with E-state index >= 15 is 0 Å². The number of benzene rings is 1. The second-order valence-electron chi connectivity index (χ2n) is 4.85. The minimum Gasteiger partial charge on any atom is -0.383 e. The van der Waals surface area contributed by atoms with Crippen molar-refractivity contribution in [2.24, 2.45) is 0 Å². The zero-order valence-corrected chi connectivity index (χ0v) is 14.2. The van der Waals surface area contributed by atoms with Crippen molar-refractivity contribution in [3.8, 4) is 0 Å². The number of ether oxygens (including phenoxy) is 1. The molecule has 1 aromatic rings. The van der Waals surface area contributed by atoms with E-state index in [4.69, 9.17) is 16.3 Å². The number of hydrogen-bond donors (Lipinski definition) is 2. The first kappa shape index (κ1) is 18.4. The van der Waals surface area contributed by atoms with Gasteiger partial charge in [0.2, 0.25) is 10.0 Å². The number of hydrogen-bond acceptors (Lipinski definition) is 4. The van der Waals surface area contributed by atoms with Gasteiger partial charge in [0.15, 0.2) is 0 Å². The maximum atomic E-state index is 12.4. The van der Waals surface area contributed by atoms with Crippen molar-refractivity contribution >= 4 is 21.6 Å². The Labute approximate surface area is 132 Å². The van der Waals surface area contributed by atoms with Gasteiger partial charge in [-0.2, -0.15) is 0 Å². The van der Waals surface area contributed by atoms with Crippen LogP contribution in [0.15, 0.2) is 23.1 Å². The average Bonchev–Trinajstić information content (AvgIpc) is 2.41. The minimum atomic E-state index is -3.59. The predicted molar refractivity (Wildman–Crippen MR) is 85.1 cm³/mol. The van der Waals surface area contributed by atoms with Crippen molar-refractivity contribution in [1.29, 1.82) is 0 Å². The van der Waals surface area contributed by atoms with E-state index < -0.39 is 10.0 Å². The molecule has 1 aromatic carbocycles. The van der Waals surface area contributed by atoms with Crippen molar-refractivity contribution in [2.75, 3.05) is 20.8 Å². The highest BCUT2D eigenvalue weighted by molar-refractivity contribution is 7.89. The zero-order chi connectivity index (χ0) is 15.9. The van der Waals surface area contributed by atoms with Crippen LogP contribution in [-0.2, 0) is 21.3 Å². The fourth-order valence-electron chi connectivity index (χ4n) is 2.04. The molecule has 0 amide bonds. The third-order valence-corrected chi connectivity index (χ3v) is 4.90. The molecule has 0 fully saturated rings. The highest BCUT2D eigenvalue weighted by Gasteiger charge is 2.20. The summed E-state index contributed by atoms with van der Waals surface area (Å²) in [5.74, 6) is 0. The van der Waals surface area contributed by atoms with E-state index in [1.807, 2.05) is 14.0 Å². The second-order valence-corrected chi connectivity index (χ2v) is 6.97. The topological polar surface area (TPSA) is 67.4 Å². The Balaban J connectivity index is 2.93. The summed E-state index contributed by atoms with van der Waals surface area (Å²) in [4.78, 5) is 0.171. The lowest BCUT2D eigenvalue weighted by atomic mass is 10.2. The summed E-state index contributed by atoms with van der Waals surface area (Å²) >= 11 is 6.12. The molecule has 0 aliphatic heterocycles. The van der Waals surface area contributed by atoms with Crippen LogP contribution in [0.5, 0.6) is 0 Å². The van der Waals surface area contributed by atoms with Crippen LogP contribution >= 0.6 is 11.6 Å². The van der Waals surface area contributed by atoms with Crippen LogP contribution in [0.3, 0.4) is 0 Å². The third-order valence-electron chi connectivity index (χ3n) is 3.03. The number of sulfonamides is 1. The van der Waals surface area contributed by atoms with Gasteiger partial charge in [-0.15, -0.1) is 0 Å². The normalized spacial score (nSPS) is 13.3. The highest BCUT2D eigenvalue weighted by Crippen LogP contribution is 2.21. The monoisotopic (exact) mass is 334 g/mol. The van der Waals surface area contributed by atoms with Gasteiger partial charge in [0.25, 0.3) is 0 Å². The number of methoxy groups -OCH3 is 1. The molecule has 1 atom stereocenters. The summed E-state index contributed by atoms with van der Waals surface area (Å²) in [6.45, 7) is 2.94. The third kappa shape index (κ3) is 5.56. The van der Waals surface area contributed by atoms with Crippen LogP contribution in [0.1, 0.15) is 25.3 Å². The van der Waals surface area contributed by atoms with Gasteiger partial charge in [-0.05, 0) is 31.2 Å². The van der Waals surface area contributed by atoms with Gasteiger partial charge in [0, 0.05) is 24.7 Å². The van der Waals surface area contributed by atoms with Gasteiger partial charge in [-0.1, -0.05) is 31.0 Å². The smallest absolute Gasteiger partial charge is 0.240 e. The van der Waals surface area contributed by atoms with Crippen molar-refractivity contribution < 1.29 is 13.2 Å². The standard InChI is InChI=1S/C14H23ClN2O3S/c1-4-5-12(10-20-3)17-21(18,19)13-7-6-11(9-16-2)14(15)8-13/h6-8,12,16-17H,4-5,9-10H2,1-3H3. The van der Waals surface area contributed by atoms with E-state index in [-0.39, 0.29) is 10.9 Å². The summed E-state index contributed by atoms with van der Waals surface area (Å²) < 4.78 is 32.5. The van der Waals surface area contributed by atoms with Crippen molar-refractivity contribution in [2.45, 2.75) is 37.2 Å². The number of halogens is 1. The summed E-state index contributed by atoms with van der Waals surface area (Å²) in [6.07, 6.45) is 1.59. The molecule has 0 heterocycles. The van der Waals surface area contributed by atoms with E-state index in [9.17, 15) is 8.42 Å². The van der Waals surface area contributed by atoms with E-state index in [1.54, 1.807) is 19.2 Å². The molecule has 5 nitrogen and oxygen atoms in total. The molecule has 2 N–H and O–H groups in total. The van der Waals surface area contributed by atoms with Gasteiger partial charge in [0.05, 0.1) is 11.5 Å². The Morgan fingerprint density at radius 3 is 2.62 bits per heavy atom. The summed E-state index contributed by atoms with van der Waals surface area (Å²) in [5, 5.41) is 3.42. The lowest BCUT2D eigenvalue weighted by Gasteiger charge is -2.17. The lowest BCUT2D eigenvalue weighted by Crippen LogP contribution is -2.37. The van der Waals surface area contributed by atoms with Crippen LogP contribution in [-0.4, -0.2) is 35.2 Å². The maximum Gasteiger partial charge on any atom is 0.240 e. The molecule has 0 aliphatic carbocycles. The van der Waals surface area contributed by atoms with E-state index in [1.165, 1.54) is 6.07 Å². The molecule has 0 aliphatic rings. The predicted octanol–water partition coefficient (Wildman–Crippen LogP) is 2.15. The quantitative estimate of drug-likeness (QED) is 0.726. The second kappa shape index (κ2) is 8.70. The summed E-state index contributed by atoms with van der Waals surface area (Å²) in [6, 6.07) is 4.53. The Bertz CT molecular complexity index is 543. The van der Waals surface area contributed by atoms with Crippen molar-refractivity contribution in [3.05, 3.63) is 28.8 Å². The molecule has 0 aromatic heterocycles. The Hall–Kier alpha value is -0.660. The van der Waals surface area contributed by atoms with Crippen molar-refractivity contribution in [1.82, 2.24) is 10.0 Å². The van der Waals surface area contributed by atoms with E-state index in [0.717, 1.165) is 18.4 Å². The number of rotatable bonds is 9. The largest absolute Gasteiger partial charge is 0.383 e. The number of nitrogens with one attached hydrogen (secondary N) is 2. The fraction of sp³-hybridized carbons (Fsp3) is 0.571. The fourth-order valence-corrected chi connectivity index (χ4v) is 3.64. The molecule has 0 saturated carbocycles. The van der Waals surface area contributed by atoms with Gasteiger partial charge in [-0.3, -0.25) is 0 Å². The molecule has 0 radical (unpaired) electrons. The molecular weight excluding hydrogens is 312 g/mol. The van der Waals surface area contributed by atoms with E-state index in [0.29, 0.717) is 18.2 Å². The van der Waals surface area contributed by atoms with Gasteiger partial charge in [0.1, 0.15) is 0 Å². The maximum absolute atomic E-state index is 12.4. The Kier molecular flexibility index (Phi) is 7.62. The van der Waals surface area contributed by atoms with Crippen LogP contribution < -0.4 is 10.0 Å². The first-order valence-electron chi connectivity index (χ1n) is 6.88. The highest BCUT2D eigenvalue weighted by atomic mass is 35.5. The van der Waals surface area contributed by atoms with Gasteiger partial charge < -0.3 is 10.1 Å². The average molecular weight is 335 g/mol. The molecular formula is C14H23ClN2O3S. The van der Waals surface area contributed by atoms with Crippen LogP contribution in [0.4, 0.5) is 0 Å². The van der Waals surface area contributed by atoms with E-state index in [2.05, 4.69) is 10.0 Å². The summed E-state index contributed by atoms with van der Waals surface area (Å²) in [7, 11) is -0.229. The SMILES string of the molecule is CCCC(COC)NS(=O)(=O)c1ccc(CNC)c(Cl)c1. The Morgan fingerprint density at radius 2 is 2.10 bits per heavy atom. The van der Waals surface area contributed by atoms with Crippen molar-refractivity contribution in [3.63, 3.8) is 0 Å². The lowest BCUT2D eigenvalue weighted by molar-refractivity contribution is 0.171. The molecule has 0 bridgehead atoms. The summed E-state index contributed by atoms with van der Waals surface area (Å²) in [5.41, 5.74) is 0.861. The molecule has 7 heteroatoms. The molecule has 1 unspecified atom stereocenters. The van der Waals surface area contributed by atoms with Crippen LogP contribution in [0.25, 0.3) is 0 Å².